The van der Waals surface area contributed by atoms with E-state index in [1.807, 2.05) is 6.07 Å². The van der Waals surface area contributed by atoms with Gasteiger partial charge in [-0.1, -0.05) is 0 Å². The Morgan fingerprint density at radius 1 is 1.50 bits per heavy atom. The van der Waals surface area contributed by atoms with Gasteiger partial charge in [0.2, 0.25) is 0 Å². The molecule has 0 saturated heterocycles. The molecule has 5 heteroatoms. The average molecular weight is 256 g/mol. The Morgan fingerprint density at radius 2 is 2.36 bits per heavy atom. The molecule has 0 aliphatic carbocycles. The number of aliphatic imine (C=N–C) groups is 1. The number of pyridine rings is 1. The minimum atomic E-state index is -0.0197. The molecule has 0 amide bonds. The molecule has 74 valence electrons. The van der Waals surface area contributed by atoms with Crippen molar-refractivity contribution in [3.05, 3.63) is 28.5 Å². The van der Waals surface area contributed by atoms with Crippen molar-refractivity contribution in [1.82, 2.24) is 4.98 Å². The number of aromatic nitrogens is 1. The van der Waals surface area contributed by atoms with Crippen molar-refractivity contribution in [2.75, 3.05) is 13.2 Å². The molecule has 0 spiro atoms. The molecule has 1 aromatic heterocycles. The minimum Gasteiger partial charge on any atom is -0.386 e. The Hall–Kier alpha value is -0.940. The monoisotopic (exact) mass is 255 g/mol. The van der Waals surface area contributed by atoms with Gasteiger partial charge in [0, 0.05) is 16.9 Å². The molecule has 0 radical (unpaired) electrons. The summed E-state index contributed by atoms with van der Waals surface area (Å²) in [5, 5.41) is 0. The molecule has 1 aromatic rings. The Balaban J connectivity index is 2.26. The Kier molecular flexibility index (Phi) is 2.79. The Labute approximate surface area is 90.3 Å². The topological polar surface area (TPSA) is 60.5 Å². The zero-order chi connectivity index (χ0) is 9.97. The van der Waals surface area contributed by atoms with Crippen molar-refractivity contribution in [3.63, 3.8) is 0 Å². The first-order valence-corrected chi connectivity index (χ1v) is 5.05. The summed E-state index contributed by atoms with van der Waals surface area (Å²) in [5.41, 5.74) is 6.61. The molecule has 1 unspecified atom stereocenters. The van der Waals surface area contributed by atoms with Crippen LogP contribution in [0.2, 0.25) is 0 Å². The zero-order valence-electron chi connectivity index (χ0n) is 7.48. The molecular formula is C9H10BrN3O. The molecule has 0 saturated carbocycles. The largest absolute Gasteiger partial charge is 0.386 e. The lowest BCUT2D eigenvalue weighted by atomic mass is 10.1. The highest BCUT2D eigenvalue weighted by Gasteiger charge is 2.16. The van der Waals surface area contributed by atoms with Crippen LogP contribution in [-0.2, 0) is 4.74 Å². The van der Waals surface area contributed by atoms with Crippen LogP contribution in [0.15, 0.2) is 27.9 Å². The molecule has 0 fully saturated rings. The van der Waals surface area contributed by atoms with Crippen LogP contribution in [0.1, 0.15) is 11.6 Å². The van der Waals surface area contributed by atoms with Crippen molar-refractivity contribution < 1.29 is 4.74 Å². The molecule has 1 aliphatic heterocycles. The predicted octanol–water partition coefficient (Wildman–Crippen LogP) is 1.27. The number of ether oxygens (including phenoxy) is 1. The lowest BCUT2D eigenvalue weighted by molar-refractivity contribution is 0.143. The van der Waals surface area contributed by atoms with Crippen LogP contribution in [0.3, 0.4) is 0 Å². The van der Waals surface area contributed by atoms with Gasteiger partial charge < -0.3 is 10.5 Å². The van der Waals surface area contributed by atoms with Gasteiger partial charge in [-0.2, -0.15) is 0 Å². The number of hydrogen-bond donors (Lipinski definition) is 1. The van der Waals surface area contributed by atoms with E-state index >= 15 is 0 Å². The van der Waals surface area contributed by atoms with Crippen LogP contribution >= 0.6 is 15.9 Å². The van der Waals surface area contributed by atoms with Crippen molar-refractivity contribution in [2.45, 2.75) is 6.04 Å². The third-order valence-corrected chi connectivity index (χ3v) is 2.39. The second-order valence-corrected chi connectivity index (χ2v) is 4.00. The van der Waals surface area contributed by atoms with Crippen LogP contribution in [0, 0.1) is 0 Å². The second kappa shape index (κ2) is 4.06. The number of nitrogens with two attached hydrogens (primary N) is 1. The van der Waals surface area contributed by atoms with Gasteiger partial charge in [-0.05, 0) is 27.6 Å². The molecular weight excluding hydrogens is 246 g/mol. The summed E-state index contributed by atoms with van der Waals surface area (Å²) in [4.78, 5) is 8.37. The molecule has 4 nitrogen and oxygen atoms in total. The van der Waals surface area contributed by atoms with Gasteiger partial charge in [0.1, 0.15) is 18.5 Å². The van der Waals surface area contributed by atoms with Crippen LogP contribution in [-0.4, -0.2) is 24.0 Å². The maximum atomic E-state index is 5.59. The molecule has 14 heavy (non-hydrogen) atoms. The van der Waals surface area contributed by atoms with Gasteiger partial charge in [-0.25, -0.2) is 0 Å². The van der Waals surface area contributed by atoms with E-state index in [9.17, 15) is 0 Å². The standard InChI is InChI=1S/C9H10BrN3O/c10-7-1-6(2-12-3-7)8-4-14-5-9(11)13-8/h1-3,8H,4-5H2,(H2,11,13). The van der Waals surface area contributed by atoms with Gasteiger partial charge >= 0.3 is 0 Å². The first-order valence-electron chi connectivity index (χ1n) is 4.26. The van der Waals surface area contributed by atoms with Crippen molar-refractivity contribution in [1.29, 1.82) is 0 Å². The summed E-state index contributed by atoms with van der Waals surface area (Å²) < 4.78 is 6.23. The summed E-state index contributed by atoms with van der Waals surface area (Å²) in [7, 11) is 0. The summed E-state index contributed by atoms with van der Waals surface area (Å²) >= 11 is 3.36. The highest BCUT2D eigenvalue weighted by molar-refractivity contribution is 9.10. The second-order valence-electron chi connectivity index (χ2n) is 3.09. The lowest BCUT2D eigenvalue weighted by Crippen LogP contribution is -2.27. The van der Waals surface area contributed by atoms with Crippen molar-refractivity contribution in [3.8, 4) is 0 Å². The van der Waals surface area contributed by atoms with E-state index in [0.717, 1.165) is 10.0 Å². The fourth-order valence-electron chi connectivity index (χ4n) is 1.33. The van der Waals surface area contributed by atoms with Crippen molar-refractivity contribution in [2.24, 2.45) is 10.7 Å². The van der Waals surface area contributed by atoms with E-state index in [-0.39, 0.29) is 6.04 Å². The number of nitrogens with zero attached hydrogens (tertiary/aromatic N) is 2. The fraction of sp³-hybridized carbons (Fsp3) is 0.333. The predicted molar refractivity (Wildman–Crippen MR) is 57.1 cm³/mol. The smallest absolute Gasteiger partial charge is 0.121 e. The van der Waals surface area contributed by atoms with Gasteiger partial charge in [0.05, 0.1) is 6.61 Å². The van der Waals surface area contributed by atoms with E-state index in [1.54, 1.807) is 12.4 Å². The summed E-state index contributed by atoms with van der Waals surface area (Å²) in [6, 6.07) is 1.96. The lowest BCUT2D eigenvalue weighted by Gasteiger charge is -2.18. The number of rotatable bonds is 1. The first-order chi connectivity index (χ1) is 6.75. The highest BCUT2D eigenvalue weighted by atomic mass is 79.9. The van der Waals surface area contributed by atoms with E-state index in [0.29, 0.717) is 19.0 Å². The molecule has 1 aliphatic rings. The van der Waals surface area contributed by atoms with Crippen LogP contribution in [0.5, 0.6) is 0 Å². The third kappa shape index (κ3) is 2.10. The van der Waals surface area contributed by atoms with E-state index < -0.39 is 0 Å². The van der Waals surface area contributed by atoms with Gasteiger partial charge in [-0.15, -0.1) is 0 Å². The normalized spacial score (nSPS) is 21.8. The maximum Gasteiger partial charge on any atom is 0.121 e. The third-order valence-electron chi connectivity index (χ3n) is 1.96. The average Bonchev–Trinajstić information content (AvgIpc) is 2.18. The molecule has 2 heterocycles. The molecule has 2 rings (SSSR count). The van der Waals surface area contributed by atoms with Gasteiger partial charge in [0.25, 0.3) is 0 Å². The summed E-state index contributed by atoms with van der Waals surface area (Å²) in [6.45, 7) is 0.997. The van der Waals surface area contributed by atoms with Crippen molar-refractivity contribution >= 4 is 21.8 Å². The zero-order valence-corrected chi connectivity index (χ0v) is 9.07. The summed E-state index contributed by atoms with van der Waals surface area (Å²) in [5.74, 6) is 0.543. The molecule has 0 aromatic carbocycles. The summed E-state index contributed by atoms with van der Waals surface area (Å²) in [6.07, 6.45) is 3.52. The van der Waals surface area contributed by atoms with Crippen LogP contribution < -0.4 is 5.73 Å². The van der Waals surface area contributed by atoms with E-state index in [2.05, 4.69) is 25.9 Å². The van der Waals surface area contributed by atoms with Crippen LogP contribution in [0.4, 0.5) is 0 Å². The number of amidine groups is 1. The van der Waals surface area contributed by atoms with Crippen LogP contribution in [0.25, 0.3) is 0 Å². The number of hydrogen-bond acceptors (Lipinski definition) is 4. The Morgan fingerprint density at radius 3 is 3.07 bits per heavy atom. The maximum absolute atomic E-state index is 5.59. The SMILES string of the molecule is NC1=NC(c2cncc(Br)c2)COC1. The minimum absolute atomic E-state index is 0.0197. The van der Waals surface area contributed by atoms with Gasteiger partial charge in [-0.3, -0.25) is 9.98 Å². The van der Waals surface area contributed by atoms with Gasteiger partial charge in [0.15, 0.2) is 0 Å². The first kappa shape index (κ1) is 9.61. The number of halogens is 1. The van der Waals surface area contributed by atoms with E-state index in [4.69, 9.17) is 10.5 Å². The molecule has 0 bridgehead atoms. The van der Waals surface area contributed by atoms with E-state index in [1.165, 1.54) is 0 Å². The quantitative estimate of drug-likeness (QED) is 0.823. The molecule has 1 atom stereocenters. The Bertz CT molecular complexity index is 367. The molecule has 2 N–H and O–H groups in total. The highest BCUT2D eigenvalue weighted by Crippen LogP contribution is 2.22. The fourth-order valence-corrected chi connectivity index (χ4v) is 1.71.